The molecule has 3 aliphatic carbocycles. The number of allylic oxidation sites excluding steroid dienone is 9. The Hall–Kier alpha value is -1.20. The summed E-state index contributed by atoms with van der Waals surface area (Å²) in [4.78, 5) is 0. The second-order valence-electron chi connectivity index (χ2n) is 5.51. The molecule has 0 aromatic heterocycles. The van der Waals surface area contributed by atoms with E-state index in [4.69, 9.17) is 0 Å². The second-order valence-corrected chi connectivity index (χ2v) is 5.51. The molecule has 20 heavy (non-hydrogen) atoms. The van der Waals surface area contributed by atoms with Crippen LogP contribution in [0.15, 0.2) is 77.4 Å². The van der Waals surface area contributed by atoms with Crippen LogP contribution in [-0.4, -0.2) is 0 Å². The van der Waals surface area contributed by atoms with Gasteiger partial charge < -0.3 is 0 Å². The first kappa shape index (κ1) is 13.8. The molecule has 0 spiro atoms. The molecule has 1 aromatic carbocycles. The topological polar surface area (TPSA) is 0 Å². The van der Waals surface area contributed by atoms with Gasteiger partial charge >= 0.3 is 0 Å². The van der Waals surface area contributed by atoms with Crippen LogP contribution in [-0.2, 0) is 32.6 Å². The van der Waals surface area contributed by atoms with E-state index >= 15 is 0 Å². The molecule has 0 amide bonds. The van der Waals surface area contributed by atoms with Crippen LogP contribution in [0, 0.1) is 5.92 Å². The van der Waals surface area contributed by atoms with Crippen LogP contribution in [0.4, 0.5) is 0 Å². The largest absolute Gasteiger partial charge is 0.0732 e. The zero-order valence-corrected chi connectivity index (χ0v) is 13.8. The zero-order valence-electron chi connectivity index (χ0n) is 11.3. The van der Waals surface area contributed by atoms with Crippen molar-refractivity contribution in [2.75, 3.05) is 0 Å². The van der Waals surface area contributed by atoms with Crippen molar-refractivity contribution < 1.29 is 26.2 Å². The van der Waals surface area contributed by atoms with Crippen LogP contribution < -0.4 is 0 Å². The monoisotopic (exact) mass is 334 g/mol. The van der Waals surface area contributed by atoms with Gasteiger partial charge in [0.05, 0.1) is 0 Å². The summed E-state index contributed by atoms with van der Waals surface area (Å²) in [7, 11) is 0. The van der Waals surface area contributed by atoms with Crippen LogP contribution in [0.25, 0.3) is 6.08 Å². The van der Waals surface area contributed by atoms with Crippen LogP contribution in [0.3, 0.4) is 0 Å². The third kappa shape index (κ3) is 2.52. The third-order valence-corrected chi connectivity index (χ3v) is 4.11. The maximum atomic E-state index is 2.40. The summed E-state index contributed by atoms with van der Waals surface area (Å²) in [6.45, 7) is 0. The van der Waals surface area contributed by atoms with Crippen LogP contribution in [0.1, 0.15) is 17.5 Å². The summed E-state index contributed by atoms with van der Waals surface area (Å²) >= 11 is 0. The Labute approximate surface area is 139 Å². The van der Waals surface area contributed by atoms with Gasteiger partial charge in [-0.1, -0.05) is 72.4 Å². The molecule has 1 unspecified atom stereocenters. The van der Waals surface area contributed by atoms with Gasteiger partial charge in [0.1, 0.15) is 0 Å². The van der Waals surface area contributed by atoms with E-state index < -0.39 is 0 Å². The molecule has 96 valence electrons. The van der Waals surface area contributed by atoms with Gasteiger partial charge in [-0.3, -0.25) is 0 Å². The molecule has 0 saturated carbocycles. The number of benzene rings is 1. The van der Waals surface area contributed by atoms with Crippen molar-refractivity contribution in [1.29, 1.82) is 0 Å². The van der Waals surface area contributed by atoms with E-state index in [1.807, 2.05) is 0 Å². The number of rotatable bonds is 2. The summed E-state index contributed by atoms with van der Waals surface area (Å²) in [5.41, 5.74) is 7.32. The zero-order chi connectivity index (χ0) is 12.7. The van der Waals surface area contributed by atoms with Crippen LogP contribution in [0.2, 0.25) is 0 Å². The van der Waals surface area contributed by atoms with Gasteiger partial charge in [-0.05, 0) is 35.1 Å². The Kier molecular flexibility index (Phi) is 3.90. The molecular formula is C19H16Zr. The molecule has 0 nitrogen and oxygen atoms in total. The SMILES string of the molecule is C1=CC2=CC(CC3=Cc4ccccc4C3)=CC2C=C1.[Zr]. The Morgan fingerprint density at radius 2 is 1.95 bits per heavy atom. The van der Waals surface area contributed by atoms with E-state index in [1.165, 1.54) is 27.8 Å². The Bertz CT molecular complexity index is 683. The van der Waals surface area contributed by atoms with Crippen molar-refractivity contribution in [2.45, 2.75) is 12.8 Å². The van der Waals surface area contributed by atoms with Gasteiger partial charge in [-0.2, -0.15) is 0 Å². The first-order valence-electron chi connectivity index (χ1n) is 6.93. The maximum Gasteiger partial charge on any atom is 0.0207 e. The second kappa shape index (κ2) is 5.66. The fraction of sp³-hybridized carbons (Fsp3) is 0.158. The summed E-state index contributed by atoms with van der Waals surface area (Å²) in [6.07, 6.45) is 18.1. The van der Waals surface area contributed by atoms with Crippen molar-refractivity contribution in [1.82, 2.24) is 0 Å². The molecule has 0 radical (unpaired) electrons. The Morgan fingerprint density at radius 3 is 2.80 bits per heavy atom. The van der Waals surface area contributed by atoms with E-state index in [0.29, 0.717) is 5.92 Å². The van der Waals surface area contributed by atoms with Crippen molar-refractivity contribution in [3.63, 3.8) is 0 Å². The smallest absolute Gasteiger partial charge is 0.0207 e. The molecule has 0 bridgehead atoms. The molecule has 1 aromatic rings. The van der Waals surface area contributed by atoms with Gasteiger partial charge in [0.2, 0.25) is 0 Å². The van der Waals surface area contributed by atoms with Gasteiger partial charge in [-0.25, -0.2) is 0 Å². The van der Waals surface area contributed by atoms with Gasteiger partial charge in [0, 0.05) is 32.1 Å². The first-order valence-corrected chi connectivity index (χ1v) is 6.93. The molecule has 0 heterocycles. The first-order chi connectivity index (χ1) is 9.38. The normalized spacial score (nSPS) is 21.6. The Morgan fingerprint density at radius 1 is 1.05 bits per heavy atom. The minimum Gasteiger partial charge on any atom is -0.0732 e. The van der Waals surface area contributed by atoms with E-state index in [9.17, 15) is 0 Å². The van der Waals surface area contributed by atoms with E-state index in [0.717, 1.165) is 12.8 Å². The molecule has 0 N–H and O–H groups in total. The molecule has 1 atom stereocenters. The predicted octanol–water partition coefficient (Wildman–Crippen LogP) is 4.62. The van der Waals surface area contributed by atoms with Gasteiger partial charge in [0.15, 0.2) is 0 Å². The molecule has 4 rings (SSSR count). The minimum atomic E-state index is 0. The molecule has 1 heteroatoms. The molecule has 0 aliphatic heterocycles. The summed E-state index contributed by atoms with van der Waals surface area (Å²) in [5, 5.41) is 0. The predicted molar refractivity (Wildman–Crippen MR) is 80.7 cm³/mol. The average molecular weight is 336 g/mol. The number of fused-ring (bicyclic) bond motifs is 2. The van der Waals surface area contributed by atoms with E-state index in [-0.39, 0.29) is 26.2 Å². The molecular weight excluding hydrogens is 319 g/mol. The summed E-state index contributed by atoms with van der Waals surface area (Å²) < 4.78 is 0. The molecule has 0 saturated heterocycles. The van der Waals surface area contributed by atoms with Crippen molar-refractivity contribution in [3.05, 3.63) is 88.6 Å². The van der Waals surface area contributed by atoms with Crippen LogP contribution >= 0.6 is 0 Å². The number of hydrogen-bond donors (Lipinski definition) is 0. The summed E-state index contributed by atoms with van der Waals surface area (Å²) in [6, 6.07) is 8.72. The minimum absolute atomic E-state index is 0. The fourth-order valence-corrected chi connectivity index (χ4v) is 3.20. The molecule has 3 aliphatic rings. The number of hydrogen-bond acceptors (Lipinski definition) is 0. The fourth-order valence-electron chi connectivity index (χ4n) is 3.20. The van der Waals surface area contributed by atoms with Crippen molar-refractivity contribution in [2.24, 2.45) is 5.92 Å². The quantitative estimate of drug-likeness (QED) is 0.739. The van der Waals surface area contributed by atoms with Gasteiger partial charge in [-0.15, -0.1) is 0 Å². The maximum absolute atomic E-state index is 2.40. The van der Waals surface area contributed by atoms with Gasteiger partial charge in [0.25, 0.3) is 0 Å². The summed E-state index contributed by atoms with van der Waals surface area (Å²) in [5.74, 6) is 0.518. The third-order valence-electron chi connectivity index (χ3n) is 4.11. The Balaban J connectivity index is 0.00000121. The van der Waals surface area contributed by atoms with Crippen molar-refractivity contribution in [3.8, 4) is 0 Å². The van der Waals surface area contributed by atoms with Crippen LogP contribution in [0.5, 0.6) is 0 Å². The molecule has 0 fully saturated rings. The average Bonchev–Trinajstić information content (AvgIpc) is 3.00. The van der Waals surface area contributed by atoms with E-state index in [1.54, 1.807) is 0 Å². The van der Waals surface area contributed by atoms with E-state index in [2.05, 4.69) is 66.8 Å². The van der Waals surface area contributed by atoms with Crippen molar-refractivity contribution >= 4 is 6.08 Å². The standard InChI is InChI=1S/C19H16.Zr/c1-2-6-17-11-14(10-16(17)5-1)9-15-12-18-7-3-4-8-19(18)13-15;/h1-8,10-12,16H,9,13H2;.